The molecule has 84 valence electrons. The minimum absolute atomic E-state index is 0.426. The molecule has 0 aromatic heterocycles. The second kappa shape index (κ2) is 3.42. The molecular weight excluding hydrogens is 372 g/mol. The maximum absolute atomic E-state index is 6.23. The SMILES string of the molecule is CC1=Nc2cc(C)ccc2[TeH](Cl)(Cl)(Cl)O1. The summed E-state index contributed by atoms with van der Waals surface area (Å²) in [4.78, 5) is 4.24. The summed E-state index contributed by atoms with van der Waals surface area (Å²) in [5, 5.41) is 0. The Balaban J connectivity index is 2.73. The van der Waals surface area contributed by atoms with Crippen LogP contribution in [0.15, 0.2) is 23.2 Å². The van der Waals surface area contributed by atoms with Crippen molar-refractivity contribution in [3.8, 4) is 0 Å². The van der Waals surface area contributed by atoms with Gasteiger partial charge < -0.3 is 0 Å². The van der Waals surface area contributed by atoms with Crippen molar-refractivity contribution in [3.63, 3.8) is 0 Å². The number of nitrogens with zero attached hydrogens (tertiary/aromatic N) is 1. The number of aliphatic imine (C=N–C) groups is 1. The summed E-state index contributed by atoms with van der Waals surface area (Å²) < 4.78 is 6.02. The number of benzene rings is 1. The Labute approximate surface area is 101 Å². The van der Waals surface area contributed by atoms with Crippen LogP contribution in [0.1, 0.15) is 12.5 Å². The quantitative estimate of drug-likeness (QED) is 0.632. The van der Waals surface area contributed by atoms with Gasteiger partial charge in [0.25, 0.3) is 0 Å². The van der Waals surface area contributed by atoms with Crippen molar-refractivity contribution in [1.29, 1.82) is 0 Å². The van der Waals surface area contributed by atoms with E-state index < -0.39 is 13.9 Å². The number of aryl methyl sites for hydroxylation is 1. The number of hydrogen-bond donors (Lipinski definition) is 0. The van der Waals surface area contributed by atoms with Crippen molar-refractivity contribution in [2.45, 2.75) is 13.8 Å². The van der Waals surface area contributed by atoms with Crippen molar-refractivity contribution in [2.24, 2.45) is 4.99 Å². The Morgan fingerprint density at radius 2 is 1.87 bits per heavy atom. The number of hydrogen-bond acceptors (Lipinski definition) is 2. The Morgan fingerprint density at radius 3 is 2.53 bits per heavy atom. The van der Waals surface area contributed by atoms with Gasteiger partial charge in [-0.25, -0.2) is 0 Å². The molecule has 0 aliphatic carbocycles. The standard InChI is InChI=1S/C9H10Cl3NOTe/c1-6-3-4-9-8(5-6)13-7(2)14-15(9,10,11)12/h3-5,15H,1-2H3. The van der Waals surface area contributed by atoms with Crippen molar-refractivity contribution in [1.82, 2.24) is 0 Å². The molecule has 2 rings (SSSR count). The van der Waals surface area contributed by atoms with Gasteiger partial charge in [-0.3, -0.25) is 0 Å². The second-order valence-corrected chi connectivity index (χ2v) is 26.1. The van der Waals surface area contributed by atoms with Crippen LogP contribution in [-0.4, -0.2) is 19.8 Å². The fraction of sp³-hybridized carbons (Fsp3) is 0.222. The Bertz CT molecular complexity index is 464. The van der Waals surface area contributed by atoms with Crippen LogP contribution in [0.5, 0.6) is 0 Å². The van der Waals surface area contributed by atoms with Gasteiger partial charge in [0.2, 0.25) is 0 Å². The fourth-order valence-electron chi connectivity index (χ4n) is 1.47. The van der Waals surface area contributed by atoms with Gasteiger partial charge >= 0.3 is 102 Å². The molecule has 1 heterocycles. The molecule has 0 saturated heterocycles. The molecule has 1 aliphatic heterocycles. The zero-order chi connectivity index (χ0) is 11.3. The van der Waals surface area contributed by atoms with Crippen LogP contribution in [-0.2, 0) is 3.10 Å². The van der Waals surface area contributed by atoms with Crippen LogP contribution in [0.25, 0.3) is 0 Å². The summed E-state index contributed by atoms with van der Waals surface area (Å²) in [6.07, 6.45) is 0. The van der Waals surface area contributed by atoms with E-state index in [1.165, 1.54) is 0 Å². The molecule has 0 spiro atoms. The second-order valence-electron chi connectivity index (χ2n) is 3.46. The molecule has 0 N–H and O–H groups in total. The first-order valence-corrected chi connectivity index (χ1v) is 16.3. The predicted octanol–water partition coefficient (Wildman–Crippen LogP) is 3.12. The first-order chi connectivity index (χ1) is 6.76. The summed E-state index contributed by atoms with van der Waals surface area (Å²) in [6, 6.07) is 5.60. The summed E-state index contributed by atoms with van der Waals surface area (Å²) in [5.74, 6) is 0.426. The van der Waals surface area contributed by atoms with Crippen LogP contribution in [0, 0.1) is 6.92 Å². The summed E-state index contributed by atoms with van der Waals surface area (Å²) in [7, 11) is 18.7. The zero-order valence-electron chi connectivity index (χ0n) is 8.17. The molecule has 1 aromatic carbocycles. The van der Waals surface area contributed by atoms with Gasteiger partial charge in [-0.1, -0.05) is 0 Å². The van der Waals surface area contributed by atoms with Crippen LogP contribution in [0.3, 0.4) is 0 Å². The number of halogens is 3. The molecule has 0 unspecified atom stereocenters. The number of rotatable bonds is 0. The molecule has 1 aromatic rings. The van der Waals surface area contributed by atoms with E-state index >= 15 is 0 Å². The molecule has 0 saturated carbocycles. The van der Waals surface area contributed by atoms with Crippen molar-refractivity contribution in [2.75, 3.05) is 0 Å². The molecule has 0 amide bonds. The predicted molar refractivity (Wildman–Crippen MR) is 69.4 cm³/mol. The summed E-state index contributed by atoms with van der Waals surface area (Å²) in [5.41, 5.74) is 1.81. The average Bonchev–Trinajstić information content (AvgIpc) is 1.98. The van der Waals surface area contributed by atoms with Crippen LogP contribution < -0.4 is 3.61 Å². The van der Waals surface area contributed by atoms with Gasteiger partial charge in [0.05, 0.1) is 0 Å². The van der Waals surface area contributed by atoms with Crippen molar-refractivity contribution in [3.05, 3.63) is 23.8 Å². The van der Waals surface area contributed by atoms with Gasteiger partial charge in [-0.15, -0.1) is 0 Å². The molecule has 0 radical (unpaired) electrons. The van der Waals surface area contributed by atoms with E-state index in [1.807, 2.05) is 19.1 Å². The van der Waals surface area contributed by atoms with E-state index in [2.05, 4.69) is 4.99 Å². The fourth-order valence-corrected chi connectivity index (χ4v) is 10.2. The summed E-state index contributed by atoms with van der Waals surface area (Å²) >= 11 is -4.61. The molecule has 2 nitrogen and oxygen atoms in total. The van der Waals surface area contributed by atoms with E-state index in [4.69, 9.17) is 30.0 Å². The molecule has 15 heavy (non-hydrogen) atoms. The van der Waals surface area contributed by atoms with Crippen LogP contribution in [0.2, 0.25) is 0 Å². The molecule has 0 fully saturated rings. The van der Waals surface area contributed by atoms with E-state index in [1.54, 1.807) is 13.0 Å². The van der Waals surface area contributed by atoms with Crippen molar-refractivity contribution >= 4 is 55.9 Å². The minimum atomic E-state index is -4.61. The van der Waals surface area contributed by atoms with Crippen LogP contribution in [0.4, 0.5) is 5.69 Å². The van der Waals surface area contributed by atoms with Gasteiger partial charge in [0, 0.05) is 0 Å². The van der Waals surface area contributed by atoms with E-state index in [0.29, 0.717) is 9.51 Å². The molecule has 6 heteroatoms. The third-order valence-electron chi connectivity index (χ3n) is 2.06. The zero-order valence-corrected chi connectivity index (χ0v) is 13.0. The topological polar surface area (TPSA) is 21.6 Å². The van der Waals surface area contributed by atoms with E-state index in [9.17, 15) is 0 Å². The van der Waals surface area contributed by atoms with Crippen LogP contribution >= 0.6 is 26.9 Å². The van der Waals surface area contributed by atoms with Gasteiger partial charge in [-0.2, -0.15) is 0 Å². The van der Waals surface area contributed by atoms with E-state index in [-0.39, 0.29) is 0 Å². The maximum atomic E-state index is 6.23. The Morgan fingerprint density at radius 1 is 1.20 bits per heavy atom. The summed E-state index contributed by atoms with van der Waals surface area (Å²) in [6.45, 7) is 3.67. The monoisotopic (exact) mass is 383 g/mol. The first kappa shape index (κ1) is 11.8. The van der Waals surface area contributed by atoms with Gasteiger partial charge in [-0.05, 0) is 0 Å². The Kier molecular flexibility index (Phi) is 2.69. The number of fused-ring (bicyclic) bond motifs is 1. The third-order valence-corrected chi connectivity index (χ3v) is 11.9. The average molecular weight is 382 g/mol. The van der Waals surface area contributed by atoms with Gasteiger partial charge in [0.15, 0.2) is 0 Å². The molecule has 1 aliphatic rings. The normalized spacial score (nSPS) is 24.1. The first-order valence-electron chi connectivity index (χ1n) is 4.30. The van der Waals surface area contributed by atoms with Crippen molar-refractivity contribution < 1.29 is 3.10 Å². The molecular formula is C9H10Cl3NOTe. The van der Waals surface area contributed by atoms with E-state index in [0.717, 1.165) is 11.3 Å². The molecule has 0 bridgehead atoms. The Hall–Kier alpha value is 0.350. The third kappa shape index (κ3) is 2.23. The van der Waals surface area contributed by atoms with Gasteiger partial charge in [0.1, 0.15) is 0 Å². The molecule has 0 atom stereocenters.